The van der Waals surface area contributed by atoms with E-state index in [0.717, 1.165) is 10.6 Å². The molecule has 0 saturated carbocycles. The molecular formula is C15H13BrO2S. The lowest BCUT2D eigenvalue weighted by molar-refractivity contribution is 0.0696. The predicted molar refractivity (Wildman–Crippen MR) is 81.8 cm³/mol. The largest absolute Gasteiger partial charge is 0.478 e. The van der Waals surface area contributed by atoms with Crippen LogP contribution in [0.4, 0.5) is 0 Å². The van der Waals surface area contributed by atoms with Gasteiger partial charge >= 0.3 is 5.97 Å². The fraction of sp³-hybridized carbons (Fsp3) is 0.133. The molecule has 0 aliphatic rings. The van der Waals surface area contributed by atoms with Crippen LogP contribution in [0.1, 0.15) is 21.5 Å². The first-order chi connectivity index (χ1) is 9.06. The van der Waals surface area contributed by atoms with E-state index in [9.17, 15) is 4.79 Å². The number of rotatable bonds is 4. The van der Waals surface area contributed by atoms with Crippen LogP contribution in [0.5, 0.6) is 0 Å². The van der Waals surface area contributed by atoms with Gasteiger partial charge in [-0.25, -0.2) is 4.79 Å². The van der Waals surface area contributed by atoms with Crippen LogP contribution >= 0.6 is 27.7 Å². The van der Waals surface area contributed by atoms with Crippen molar-refractivity contribution in [2.45, 2.75) is 17.6 Å². The zero-order chi connectivity index (χ0) is 13.8. The SMILES string of the molecule is Cc1cccc(CSc2ccc(C(=O)O)c(Br)c2)c1. The number of aryl methyl sites for hydroxylation is 1. The van der Waals surface area contributed by atoms with Crippen molar-refractivity contribution in [2.75, 3.05) is 0 Å². The molecule has 0 bridgehead atoms. The summed E-state index contributed by atoms with van der Waals surface area (Å²) >= 11 is 4.99. The van der Waals surface area contributed by atoms with Crippen LogP contribution in [0, 0.1) is 6.92 Å². The Morgan fingerprint density at radius 2 is 2.05 bits per heavy atom. The molecule has 2 aromatic rings. The first kappa shape index (κ1) is 14.2. The molecule has 0 spiro atoms. The predicted octanol–water partition coefficient (Wildman–Crippen LogP) is 4.75. The zero-order valence-electron chi connectivity index (χ0n) is 10.4. The van der Waals surface area contributed by atoms with Crippen molar-refractivity contribution < 1.29 is 9.90 Å². The Hall–Kier alpha value is -1.26. The molecule has 1 N–H and O–H groups in total. The standard InChI is InChI=1S/C15H13BrO2S/c1-10-3-2-4-11(7-10)9-19-12-5-6-13(15(17)18)14(16)8-12/h2-8H,9H2,1H3,(H,17,18). The van der Waals surface area contributed by atoms with Gasteiger partial charge in [0, 0.05) is 15.1 Å². The van der Waals surface area contributed by atoms with Crippen LogP contribution in [0.2, 0.25) is 0 Å². The third-order valence-electron chi connectivity index (χ3n) is 2.66. The highest BCUT2D eigenvalue weighted by Gasteiger charge is 2.08. The smallest absolute Gasteiger partial charge is 0.336 e. The highest BCUT2D eigenvalue weighted by Crippen LogP contribution is 2.28. The van der Waals surface area contributed by atoms with Gasteiger partial charge in [0.1, 0.15) is 0 Å². The van der Waals surface area contributed by atoms with Gasteiger partial charge in [-0.15, -0.1) is 11.8 Å². The molecule has 0 radical (unpaired) electrons. The lowest BCUT2D eigenvalue weighted by Crippen LogP contribution is -1.97. The number of hydrogen-bond donors (Lipinski definition) is 1. The molecule has 0 fully saturated rings. The maximum absolute atomic E-state index is 10.9. The van der Waals surface area contributed by atoms with Gasteiger partial charge in [-0.2, -0.15) is 0 Å². The lowest BCUT2D eigenvalue weighted by atomic mass is 10.2. The minimum atomic E-state index is -0.915. The number of aromatic carboxylic acids is 1. The maximum atomic E-state index is 10.9. The molecule has 0 aromatic heterocycles. The number of thioether (sulfide) groups is 1. The van der Waals surface area contributed by atoms with Crippen LogP contribution < -0.4 is 0 Å². The molecule has 0 unspecified atom stereocenters. The Morgan fingerprint density at radius 3 is 2.68 bits per heavy atom. The van der Waals surface area contributed by atoms with Gasteiger partial charge in [0.2, 0.25) is 0 Å². The van der Waals surface area contributed by atoms with Crippen molar-refractivity contribution in [3.8, 4) is 0 Å². The number of benzene rings is 2. The molecule has 4 heteroatoms. The lowest BCUT2D eigenvalue weighted by Gasteiger charge is -2.05. The Morgan fingerprint density at radius 1 is 1.26 bits per heavy atom. The number of halogens is 1. The fourth-order valence-electron chi connectivity index (χ4n) is 1.73. The molecule has 19 heavy (non-hydrogen) atoms. The average Bonchev–Trinajstić information content (AvgIpc) is 2.36. The van der Waals surface area contributed by atoms with Crippen molar-refractivity contribution >= 4 is 33.7 Å². The summed E-state index contributed by atoms with van der Waals surface area (Å²) in [5.74, 6) is -0.0392. The minimum absolute atomic E-state index is 0.292. The van der Waals surface area contributed by atoms with E-state index in [0.29, 0.717) is 10.0 Å². The molecule has 0 atom stereocenters. The van der Waals surface area contributed by atoms with E-state index >= 15 is 0 Å². The molecule has 0 aliphatic heterocycles. The summed E-state index contributed by atoms with van der Waals surface area (Å²) in [6, 6.07) is 13.7. The molecule has 0 saturated heterocycles. The van der Waals surface area contributed by atoms with Gasteiger partial charge < -0.3 is 5.11 Å². The quantitative estimate of drug-likeness (QED) is 0.818. The van der Waals surface area contributed by atoms with E-state index < -0.39 is 5.97 Å². The van der Waals surface area contributed by atoms with Crippen LogP contribution in [0.25, 0.3) is 0 Å². The van der Waals surface area contributed by atoms with Gasteiger partial charge in [0.05, 0.1) is 5.56 Å². The van der Waals surface area contributed by atoms with Crippen LogP contribution in [0.3, 0.4) is 0 Å². The summed E-state index contributed by atoms with van der Waals surface area (Å²) < 4.78 is 0.620. The van der Waals surface area contributed by atoms with Crippen molar-refractivity contribution in [1.82, 2.24) is 0 Å². The second kappa shape index (κ2) is 6.26. The van der Waals surface area contributed by atoms with Gasteiger partial charge in [-0.1, -0.05) is 29.8 Å². The Balaban J connectivity index is 2.08. The average molecular weight is 337 g/mol. The number of carboxylic acid groups (broad SMARTS) is 1. The first-order valence-corrected chi connectivity index (χ1v) is 7.55. The third kappa shape index (κ3) is 3.85. The highest BCUT2D eigenvalue weighted by molar-refractivity contribution is 9.10. The Kier molecular flexibility index (Phi) is 4.66. The zero-order valence-corrected chi connectivity index (χ0v) is 12.8. The molecule has 0 amide bonds. The fourth-order valence-corrected chi connectivity index (χ4v) is 3.31. The Bertz CT molecular complexity index is 611. The van der Waals surface area contributed by atoms with Crippen molar-refractivity contribution in [3.63, 3.8) is 0 Å². The minimum Gasteiger partial charge on any atom is -0.478 e. The maximum Gasteiger partial charge on any atom is 0.336 e. The number of carbonyl (C=O) groups is 1. The molecule has 2 aromatic carbocycles. The first-order valence-electron chi connectivity index (χ1n) is 5.77. The van der Waals surface area contributed by atoms with E-state index in [1.54, 1.807) is 17.8 Å². The van der Waals surface area contributed by atoms with Crippen molar-refractivity contribution in [1.29, 1.82) is 0 Å². The summed E-state index contributed by atoms with van der Waals surface area (Å²) in [7, 11) is 0. The highest BCUT2D eigenvalue weighted by atomic mass is 79.9. The van der Waals surface area contributed by atoms with E-state index in [1.807, 2.05) is 12.1 Å². The summed E-state index contributed by atoms with van der Waals surface area (Å²) in [4.78, 5) is 12.0. The summed E-state index contributed by atoms with van der Waals surface area (Å²) in [6.07, 6.45) is 0. The van der Waals surface area contributed by atoms with Gasteiger partial charge in [0.25, 0.3) is 0 Å². The van der Waals surface area contributed by atoms with E-state index in [-0.39, 0.29) is 0 Å². The van der Waals surface area contributed by atoms with Gasteiger partial charge in [-0.3, -0.25) is 0 Å². The van der Waals surface area contributed by atoms with Crippen LogP contribution in [0.15, 0.2) is 51.8 Å². The van der Waals surface area contributed by atoms with Crippen LogP contribution in [-0.4, -0.2) is 11.1 Å². The molecule has 0 heterocycles. The summed E-state index contributed by atoms with van der Waals surface area (Å²) in [6.45, 7) is 2.08. The van der Waals surface area contributed by atoms with Crippen LogP contribution in [-0.2, 0) is 5.75 Å². The normalized spacial score (nSPS) is 10.4. The molecule has 2 rings (SSSR count). The molecule has 98 valence electrons. The van der Waals surface area contributed by atoms with Gasteiger partial charge in [-0.05, 0) is 46.6 Å². The summed E-state index contributed by atoms with van der Waals surface area (Å²) in [5.41, 5.74) is 2.81. The number of carboxylic acids is 1. The Labute approximate surface area is 125 Å². The summed E-state index contributed by atoms with van der Waals surface area (Å²) in [5, 5.41) is 8.96. The van der Waals surface area contributed by atoms with E-state index in [1.165, 1.54) is 11.1 Å². The topological polar surface area (TPSA) is 37.3 Å². The number of hydrogen-bond acceptors (Lipinski definition) is 2. The monoisotopic (exact) mass is 336 g/mol. The molecule has 2 nitrogen and oxygen atoms in total. The van der Waals surface area contributed by atoms with E-state index in [2.05, 4.69) is 47.1 Å². The second-order valence-electron chi connectivity index (χ2n) is 4.22. The molecule has 0 aliphatic carbocycles. The molecular weight excluding hydrogens is 324 g/mol. The second-order valence-corrected chi connectivity index (χ2v) is 6.13. The van der Waals surface area contributed by atoms with Crippen molar-refractivity contribution in [2.24, 2.45) is 0 Å². The van der Waals surface area contributed by atoms with E-state index in [4.69, 9.17) is 5.11 Å². The third-order valence-corrected chi connectivity index (χ3v) is 4.38. The van der Waals surface area contributed by atoms with Crippen molar-refractivity contribution in [3.05, 3.63) is 63.6 Å². The van der Waals surface area contributed by atoms with Gasteiger partial charge in [0.15, 0.2) is 0 Å².